The zero-order valence-electron chi connectivity index (χ0n) is 14.8. The first-order chi connectivity index (χ1) is 13.8. The summed E-state index contributed by atoms with van der Waals surface area (Å²) in [5, 5.41) is 21.8. The van der Waals surface area contributed by atoms with Crippen molar-refractivity contribution in [2.45, 2.75) is 12.3 Å². The van der Waals surface area contributed by atoms with Crippen LogP contribution in [0.5, 0.6) is 0 Å². The number of aliphatic hydroxyl groups excluding tert-OH is 1. The van der Waals surface area contributed by atoms with E-state index in [9.17, 15) is 18.3 Å². The Morgan fingerprint density at radius 1 is 1.14 bits per heavy atom. The Kier molecular flexibility index (Phi) is 6.01. The zero-order chi connectivity index (χ0) is 21.0. The van der Waals surface area contributed by atoms with Crippen LogP contribution in [0, 0.1) is 11.3 Å². The fourth-order valence-corrected chi connectivity index (χ4v) is 2.94. The van der Waals surface area contributed by atoms with E-state index in [1.54, 1.807) is 24.3 Å². The topological polar surface area (TPSA) is 81.8 Å². The maximum absolute atomic E-state index is 12.8. The van der Waals surface area contributed by atoms with Gasteiger partial charge in [0.25, 0.3) is 0 Å². The number of anilines is 1. The van der Waals surface area contributed by atoms with Crippen LogP contribution in [0.15, 0.2) is 54.9 Å². The number of aliphatic hydroxyl groups is 1. The maximum Gasteiger partial charge on any atom is 0.417 e. The van der Waals surface area contributed by atoms with Crippen LogP contribution in [0.25, 0.3) is 11.3 Å². The molecule has 1 aromatic heterocycles. The van der Waals surface area contributed by atoms with Crippen molar-refractivity contribution in [2.75, 3.05) is 11.9 Å². The number of nitrogens with one attached hydrogen (secondary N) is 1. The molecule has 9 heteroatoms. The van der Waals surface area contributed by atoms with Crippen molar-refractivity contribution in [2.24, 2.45) is 0 Å². The number of alkyl halides is 3. The predicted octanol–water partition coefficient (Wildman–Crippen LogP) is 4.83. The number of nitriles is 1. The van der Waals surface area contributed by atoms with Crippen LogP contribution in [0.2, 0.25) is 5.02 Å². The van der Waals surface area contributed by atoms with Gasteiger partial charge in [0.2, 0.25) is 0 Å². The number of hydrogen-bond acceptors (Lipinski definition) is 5. The first-order valence-corrected chi connectivity index (χ1v) is 8.77. The molecule has 0 aliphatic rings. The first-order valence-electron chi connectivity index (χ1n) is 8.39. The van der Waals surface area contributed by atoms with Crippen molar-refractivity contribution in [1.82, 2.24) is 9.97 Å². The molecular weight excluding hydrogens is 405 g/mol. The highest BCUT2D eigenvalue weighted by Crippen LogP contribution is 2.36. The minimum absolute atomic E-state index is 0.110. The molecule has 0 spiro atoms. The molecule has 1 atom stereocenters. The highest BCUT2D eigenvalue weighted by Gasteiger charge is 2.33. The van der Waals surface area contributed by atoms with E-state index < -0.39 is 22.9 Å². The fourth-order valence-electron chi connectivity index (χ4n) is 2.65. The van der Waals surface area contributed by atoms with E-state index in [0.29, 0.717) is 28.2 Å². The number of rotatable bonds is 5. The quantitative estimate of drug-likeness (QED) is 0.620. The molecule has 0 bridgehead atoms. The third-order valence-electron chi connectivity index (χ3n) is 4.11. The molecule has 0 saturated carbocycles. The molecule has 2 N–H and O–H groups in total. The molecule has 148 valence electrons. The molecule has 0 saturated heterocycles. The Hall–Kier alpha value is -3.15. The van der Waals surface area contributed by atoms with E-state index in [-0.39, 0.29) is 6.54 Å². The minimum atomic E-state index is -4.53. The first kappa shape index (κ1) is 20.6. The third-order valence-corrected chi connectivity index (χ3v) is 4.43. The van der Waals surface area contributed by atoms with E-state index >= 15 is 0 Å². The van der Waals surface area contributed by atoms with Crippen molar-refractivity contribution in [3.8, 4) is 17.3 Å². The minimum Gasteiger partial charge on any atom is -0.387 e. The van der Waals surface area contributed by atoms with Gasteiger partial charge in [-0.3, -0.25) is 0 Å². The molecule has 3 rings (SSSR count). The second kappa shape index (κ2) is 8.47. The van der Waals surface area contributed by atoms with E-state index in [1.165, 1.54) is 24.5 Å². The molecule has 1 heterocycles. The summed E-state index contributed by atoms with van der Waals surface area (Å²) in [6, 6.07) is 13.5. The standard InChI is InChI=1S/C20H14ClF3N4O/c21-16-7-13(4-5-15(16)20(22,23)24)17-8-19(28-11-27-17)26-10-18(29)14-3-1-2-12(6-14)9-25/h1-8,11,18,29H,10H2,(H,26,27,28)/t18-/m0/s1. The maximum atomic E-state index is 12.8. The summed E-state index contributed by atoms with van der Waals surface area (Å²) in [6.07, 6.45) is -4.17. The van der Waals surface area contributed by atoms with Crippen molar-refractivity contribution >= 4 is 17.4 Å². The highest BCUT2D eigenvalue weighted by atomic mass is 35.5. The van der Waals surface area contributed by atoms with Gasteiger partial charge in [-0.2, -0.15) is 18.4 Å². The molecular formula is C20H14ClF3N4O. The van der Waals surface area contributed by atoms with Crippen LogP contribution in [-0.2, 0) is 6.18 Å². The molecule has 0 aliphatic heterocycles. The van der Waals surface area contributed by atoms with Crippen LogP contribution in [-0.4, -0.2) is 21.6 Å². The summed E-state index contributed by atoms with van der Waals surface area (Å²) >= 11 is 5.76. The largest absolute Gasteiger partial charge is 0.417 e. The summed E-state index contributed by atoms with van der Waals surface area (Å²) in [5.74, 6) is 0.376. The summed E-state index contributed by atoms with van der Waals surface area (Å²) < 4.78 is 38.5. The van der Waals surface area contributed by atoms with Gasteiger partial charge in [-0.05, 0) is 29.8 Å². The van der Waals surface area contributed by atoms with Gasteiger partial charge in [-0.25, -0.2) is 9.97 Å². The smallest absolute Gasteiger partial charge is 0.387 e. The lowest BCUT2D eigenvalue weighted by molar-refractivity contribution is -0.137. The van der Waals surface area contributed by atoms with E-state index in [4.69, 9.17) is 16.9 Å². The fraction of sp³-hybridized carbons (Fsp3) is 0.150. The molecule has 29 heavy (non-hydrogen) atoms. The lowest BCUT2D eigenvalue weighted by Gasteiger charge is -2.14. The van der Waals surface area contributed by atoms with Crippen LogP contribution in [0.3, 0.4) is 0 Å². The molecule has 0 unspecified atom stereocenters. The number of hydrogen-bond donors (Lipinski definition) is 2. The second-order valence-corrected chi connectivity index (χ2v) is 6.52. The number of nitrogens with zero attached hydrogens (tertiary/aromatic N) is 3. The van der Waals surface area contributed by atoms with Gasteiger partial charge in [0.1, 0.15) is 12.1 Å². The normalized spacial score (nSPS) is 12.3. The van der Waals surface area contributed by atoms with Gasteiger partial charge < -0.3 is 10.4 Å². The number of benzene rings is 2. The molecule has 0 fully saturated rings. The molecule has 0 aliphatic carbocycles. The van der Waals surface area contributed by atoms with Gasteiger partial charge >= 0.3 is 6.18 Å². The van der Waals surface area contributed by atoms with E-state index in [0.717, 1.165) is 6.07 Å². The predicted molar refractivity (Wildman–Crippen MR) is 102 cm³/mol. The summed E-state index contributed by atoms with van der Waals surface area (Å²) in [4.78, 5) is 8.11. The van der Waals surface area contributed by atoms with Crippen molar-refractivity contribution in [3.63, 3.8) is 0 Å². The lowest BCUT2D eigenvalue weighted by Crippen LogP contribution is -2.13. The van der Waals surface area contributed by atoms with Crippen molar-refractivity contribution < 1.29 is 18.3 Å². The Labute approximate surface area is 169 Å². The number of aromatic nitrogens is 2. The van der Waals surface area contributed by atoms with Gasteiger partial charge in [-0.15, -0.1) is 0 Å². The third kappa shape index (κ3) is 5.02. The second-order valence-electron chi connectivity index (χ2n) is 6.11. The zero-order valence-corrected chi connectivity index (χ0v) is 15.5. The molecule has 0 amide bonds. The Balaban J connectivity index is 1.74. The van der Waals surface area contributed by atoms with E-state index in [2.05, 4.69) is 15.3 Å². The summed E-state index contributed by atoms with van der Waals surface area (Å²) in [5.41, 5.74) is 0.860. The Bertz CT molecular complexity index is 1070. The molecule has 0 radical (unpaired) electrons. The van der Waals surface area contributed by atoms with Gasteiger partial charge in [0.05, 0.1) is 34.0 Å². The molecule has 3 aromatic rings. The van der Waals surface area contributed by atoms with Gasteiger partial charge in [0.15, 0.2) is 0 Å². The average Bonchev–Trinajstić information content (AvgIpc) is 2.71. The van der Waals surface area contributed by atoms with Crippen molar-refractivity contribution in [3.05, 3.63) is 76.6 Å². The molecule has 2 aromatic carbocycles. The van der Waals surface area contributed by atoms with Gasteiger partial charge in [-0.1, -0.05) is 29.8 Å². The average molecular weight is 419 g/mol. The molecule has 5 nitrogen and oxygen atoms in total. The van der Waals surface area contributed by atoms with Crippen molar-refractivity contribution in [1.29, 1.82) is 5.26 Å². The SMILES string of the molecule is N#Cc1cccc([C@@H](O)CNc2cc(-c3ccc(C(F)(F)F)c(Cl)c3)ncn2)c1. The Morgan fingerprint density at radius 3 is 2.62 bits per heavy atom. The van der Waals surface area contributed by atoms with Crippen LogP contribution in [0.4, 0.5) is 19.0 Å². The highest BCUT2D eigenvalue weighted by molar-refractivity contribution is 6.31. The Morgan fingerprint density at radius 2 is 1.93 bits per heavy atom. The summed E-state index contributed by atoms with van der Waals surface area (Å²) in [6.45, 7) is 0.110. The van der Waals surface area contributed by atoms with Crippen LogP contribution in [0.1, 0.15) is 22.8 Å². The monoisotopic (exact) mass is 418 g/mol. The number of halogens is 4. The van der Waals surface area contributed by atoms with Gasteiger partial charge in [0, 0.05) is 18.2 Å². The lowest BCUT2D eigenvalue weighted by atomic mass is 10.1. The van der Waals surface area contributed by atoms with Crippen LogP contribution < -0.4 is 5.32 Å². The summed E-state index contributed by atoms with van der Waals surface area (Å²) in [7, 11) is 0. The van der Waals surface area contributed by atoms with Crippen LogP contribution >= 0.6 is 11.6 Å². The van der Waals surface area contributed by atoms with E-state index in [1.807, 2.05) is 6.07 Å².